The van der Waals surface area contributed by atoms with Crippen molar-refractivity contribution >= 4 is 37.8 Å². The number of fused-ring (bicyclic) bond motifs is 1. The highest BCUT2D eigenvalue weighted by Gasteiger charge is 2.17. The number of hydrogen-bond donors (Lipinski definition) is 2. The Labute approximate surface area is 175 Å². The molecular weight excluding hydrogens is 398 g/mol. The third-order valence-electron chi connectivity index (χ3n) is 4.78. The Bertz CT molecular complexity index is 1320. The lowest BCUT2D eigenvalue weighted by molar-refractivity contribution is 0.415. The van der Waals surface area contributed by atoms with Gasteiger partial charge in [0.2, 0.25) is 9.84 Å². The fourth-order valence-electron chi connectivity index (χ4n) is 3.22. The van der Waals surface area contributed by atoms with E-state index in [4.69, 9.17) is 10.5 Å². The molecule has 1 heterocycles. The molecule has 6 nitrogen and oxygen atoms in total. The highest BCUT2D eigenvalue weighted by atomic mass is 32.2. The molecule has 3 N–H and O–H groups in total. The van der Waals surface area contributed by atoms with Crippen LogP contribution in [0.2, 0.25) is 0 Å². The number of nitrogens with zero attached hydrogens (tertiary/aromatic N) is 1. The number of aromatic nitrogens is 1. The zero-order valence-electron chi connectivity index (χ0n) is 16.6. The fourth-order valence-corrected chi connectivity index (χ4v) is 4.48. The summed E-state index contributed by atoms with van der Waals surface area (Å²) in [6.45, 7) is 1.93. The third-order valence-corrected chi connectivity index (χ3v) is 6.56. The topological polar surface area (TPSA) is 94.3 Å². The molecule has 0 saturated carbocycles. The van der Waals surface area contributed by atoms with Crippen molar-refractivity contribution in [3.63, 3.8) is 0 Å². The Morgan fingerprint density at radius 2 is 1.53 bits per heavy atom. The monoisotopic (exact) mass is 419 g/mol. The van der Waals surface area contributed by atoms with Gasteiger partial charge in [-0.1, -0.05) is 0 Å². The summed E-state index contributed by atoms with van der Waals surface area (Å²) in [6, 6.07) is 20.5. The number of nitrogens with one attached hydrogen (secondary N) is 1. The number of rotatable bonds is 5. The van der Waals surface area contributed by atoms with Gasteiger partial charge in [0.1, 0.15) is 5.75 Å². The summed E-state index contributed by atoms with van der Waals surface area (Å²) in [6.07, 6.45) is 0. The molecule has 0 spiro atoms. The molecule has 4 rings (SSSR count). The lowest BCUT2D eigenvalue weighted by Crippen LogP contribution is -2.02. The van der Waals surface area contributed by atoms with E-state index >= 15 is 0 Å². The van der Waals surface area contributed by atoms with Crippen LogP contribution in [0.15, 0.2) is 82.6 Å². The standard InChI is InChI=1S/C23H21N3O3S/c1-15-13-23(21-14-18(29-2)7-12-22(21)25-15)26-17-5-10-20(11-6-17)30(27,28)19-8-3-16(24)4-9-19/h3-14H,24H2,1-2H3,(H,25,26). The smallest absolute Gasteiger partial charge is 0.206 e. The summed E-state index contributed by atoms with van der Waals surface area (Å²) in [5.41, 5.74) is 9.53. The fraction of sp³-hybridized carbons (Fsp3) is 0.0870. The third kappa shape index (κ3) is 3.79. The lowest BCUT2D eigenvalue weighted by Gasteiger charge is -2.12. The molecule has 7 heteroatoms. The molecular formula is C23H21N3O3S. The Hall–Kier alpha value is -3.58. The van der Waals surface area contributed by atoms with Crippen molar-refractivity contribution in [3.05, 3.63) is 78.5 Å². The second-order valence-electron chi connectivity index (χ2n) is 6.92. The van der Waals surface area contributed by atoms with Crippen molar-refractivity contribution in [2.75, 3.05) is 18.2 Å². The maximum atomic E-state index is 12.8. The van der Waals surface area contributed by atoms with E-state index in [0.717, 1.165) is 33.7 Å². The molecule has 1 aromatic heterocycles. The van der Waals surface area contributed by atoms with E-state index in [2.05, 4.69) is 10.3 Å². The number of pyridine rings is 1. The number of hydrogen-bond acceptors (Lipinski definition) is 6. The minimum Gasteiger partial charge on any atom is -0.497 e. The Morgan fingerprint density at radius 1 is 0.900 bits per heavy atom. The van der Waals surface area contributed by atoms with Crippen LogP contribution < -0.4 is 15.8 Å². The van der Waals surface area contributed by atoms with Gasteiger partial charge in [-0.25, -0.2) is 8.42 Å². The first-order valence-electron chi connectivity index (χ1n) is 9.30. The second-order valence-corrected chi connectivity index (χ2v) is 8.87. The average molecular weight is 420 g/mol. The number of aryl methyl sites for hydroxylation is 1. The van der Waals surface area contributed by atoms with Crippen LogP contribution in [0, 0.1) is 6.92 Å². The number of nitrogen functional groups attached to an aromatic ring is 1. The van der Waals surface area contributed by atoms with Gasteiger partial charge < -0.3 is 15.8 Å². The van der Waals surface area contributed by atoms with Gasteiger partial charge in [0.15, 0.2) is 0 Å². The van der Waals surface area contributed by atoms with Gasteiger partial charge in [-0.3, -0.25) is 4.98 Å². The highest BCUT2D eigenvalue weighted by Crippen LogP contribution is 2.30. The van der Waals surface area contributed by atoms with E-state index in [0.29, 0.717) is 5.69 Å². The first-order chi connectivity index (χ1) is 14.4. The Kier molecular flexibility index (Phi) is 5.05. The van der Waals surface area contributed by atoms with E-state index in [1.54, 1.807) is 43.5 Å². The number of benzene rings is 3. The molecule has 152 valence electrons. The van der Waals surface area contributed by atoms with E-state index in [1.165, 1.54) is 12.1 Å². The minimum absolute atomic E-state index is 0.209. The summed E-state index contributed by atoms with van der Waals surface area (Å²) in [5.74, 6) is 0.737. The number of nitrogens with two attached hydrogens (primary N) is 1. The SMILES string of the molecule is COc1ccc2nc(C)cc(Nc3ccc(S(=O)(=O)c4ccc(N)cc4)cc3)c2c1. The summed E-state index contributed by atoms with van der Waals surface area (Å²) in [7, 11) is -1.98. The van der Waals surface area contributed by atoms with Crippen molar-refractivity contribution in [2.45, 2.75) is 16.7 Å². The van der Waals surface area contributed by atoms with E-state index < -0.39 is 9.84 Å². The molecule has 0 saturated heterocycles. The van der Waals surface area contributed by atoms with Gasteiger partial charge >= 0.3 is 0 Å². The zero-order chi connectivity index (χ0) is 21.3. The van der Waals surface area contributed by atoms with Crippen molar-refractivity contribution in [2.24, 2.45) is 0 Å². The van der Waals surface area contributed by atoms with Gasteiger partial charge in [-0.15, -0.1) is 0 Å². The van der Waals surface area contributed by atoms with Gasteiger partial charge in [-0.05, 0) is 79.7 Å². The highest BCUT2D eigenvalue weighted by molar-refractivity contribution is 7.91. The molecule has 0 radical (unpaired) electrons. The van der Waals surface area contributed by atoms with Crippen LogP contribution in [0.3, 0.4) is 0 Å². The van der Waals surface area contributed by atoms with E-state index in [-0.39, 0.29) is 9.79 Å². The molecule has 0 aliphatic carbocycles. The lowest BCUT2D eigenvalue weighted by atomic mass is 10.1. The van der Waals surface area contributed by atoms with Gasteiger partial charge in [0.05, 0.1) is 22.4 Å². The van der Waals surface area contributed by atoms with Crippen LogP contribution in [0.25, 0.3) is 10.9 Å². The second kappa shape index (κ2) is 7.68. The molecule has 0 fully saturated rings. The molecule has 0 bridgehead atoms. The number of sulfone groups is 1. The molecule has 3 aromatic carbocycles. The first-order valence-corrected chi connectivity index (χ1v) is 10.8. The van der Waals surface area contributed by atoms with Gasteiger partial charge in [0.25, 0.3) is 0 Å². The first kappa shape index (κ1) is 19.7. The summed E-state index contributed by atoms with van der Waals surface area (Å²) >= 11 is 0. The number of ether oxygens (including phenoxy) is 1. The predicted molar refractivity (Wildman–Crippen MR) is 119 cm³/mol. The molecule has 4 aromatic rings. The van der Waals surface area contributed by atoms with Gasteiger partial charge in [-0.2, -0.15) is 0 Å². The van der Waals surface area contributed by atoms with Crippen molar-refractivity contribution < 1.29 is 13.2 Å². The molecule has 0 aliphatic rings. The van der Waals surface area contributed by atoms with Crippen LogP contribution in [0.5, 0.6) is 5.75 Å². The van der Waals surface area contributed by atoms with E-state index in [1.807, 2.05) is 31.2 Å². The summed E-state index contributed by atoms with van der Waals surface area (Å²) < 4.78 is 31.0. The molecule has 0 unspecified atom stereocenters. The van der Waals surface area contributed by atoms with Crippen LogP contribution in [-0.4, -0.2) is 20.5 Å². The predicted octanol–water partition coefficient (Wildman–Crippen LogP) is 4.71. The van der Waals surface area contributed by atoms with Crippen LogP contribution >= 0.6 is 0 Å². The molecule has 30 heavy (non-hydrogen) atoms. The largest absolute Gasteiger partial charge is 0.497 e. The minimum atomic E-state index is -3.61. The maximum Gasteiger partial charge on any atom is 0.206 e. The van der Waals surface area contributed by atoms with Crippen molar-refractivity contribution in [1.29, 1.82) is 0 Å². The zero-order valence-corrected chi connectivity index (χ0v) is 17.4. The van der Waals surface area contributed by atoms with Crippen LogP contribution in [0.1, 0.15) is 5.69 Å². The number of methoxy groups -OCH3 is 1. The molecule has 0 atom stereocenters. The van der Waals surface area contributed by atoms with Crippen LogP contribution in [-0.2, 0) is 9.84 Å². The molecule has 0 aliphatic heterocycles. The summed E-state index contributed by atoms with van der Waals surface area (Å²) in [4.78, 5) is 4.98. The van der Waals surface area contributed by atoms with Crippen LogP contribution in [0.4, 0.5) is 17.1 Å². The van der Waals surface area contributed by atoms with Crippen molar-refractivity contribution in [3.8, 4) is 5.75 Å². The Morgan fingerprint density at radius 3 is 2.17 bits per heavy atom. The Balaban J connectivity index is 1.66. The quantitative estimate of drug-likeness (QED) is 0.455. The molecule has 0 amide bonds. The van der Waals surface area contributed by atoms with E-state index in [9.17, 15) is 8.42 Å². The number of anilines is 3. The summed E-state index contributed by atoms with van der Waals surface area (Å²) in [5, 5.41) is 4.27. The van der Waals surface area contributed by atoms with Gasteiger partial charge in [0, 0.05) is 28.1 Å². The average Bonchev–Trinajstić information content (AvgIpc) is 2.74. The normalized spacial score (nSPS) is 11.4. The van der Waals surface area contributed by atoms with Crippen molar-refractivity contribution in [1.82, 2.24) is 4.98 Å². The maximum absolute atomic E-state index is 12.8.